The van der Waals surface area contributed by atoms with Gasteiger partial charge in [-0.2, -0.15) is 0 Å². The van der Waals surface area contributed by atoms with E-state index in [1.807, 2.05) is 13.0 Å². The van der Waals surface area contributed by atoms with Crippen molar-refractivity contribution >= 4 is 17.4 Å². The van der Waals surface area contributed by atoms with Gasteiger partial charge in [0.25, 0.3) is 5.69 Å². The Balaban J connectivity index is 2.63. The lowest BCUT2D eigenvalue weighted by atomic mass is 10.3. The van der Waals surface area contributed by atoms with Gasteiger partial charge in [-0.05, 0) is 12.6 Å². The summed E-state index contributed by atoms with van der Waals surface area (Å²) in [6, 6.07) is 7.00. The van der Waals surface area contributed by atoms with Crippen LogP contribution < -0.4 is 5.32 Å². The van der Waals surface area contributed by atoms with E-state index in [0.29, 0.717) is 11.5 Å². The second kappa shape index (κ2) is 8.07. The number of benzene rings is 1. The standard InChI is InChI=1S/C12H18N2O3S/c1-3-13-10(8-17-2)9-18-12-7-5-4-6-11(12)14(15)16/h4-7,10,13H,3,8-9H2,1-2H3. The number of para-hydroxylation sites is 1. The van der Waals surface area contributed by atoms with Crippen molar-refractivity contribution in [1.29, 1.82) is 0 Å². The van der Waals surface area contributed by atoms with Gasteiger partial charge in [0.15, 0.2) is 0 Å². The van der Waals surface area contributed by atoms with Gasteiger partial charge in [-0.25, -0.2) is 0 Å². The molecule has 0 aliphatic carbocycles. The SMILES string of the molecule is CCNC(COC)CSc1ccccc1[N+](=O)[O-]. The molecule has 0 aromatic heterocycles. The average molecular weight is 270 g/mol. The Morgan fingerprint density at radius 3 is 2.83 bits per heavy atom. The monoisotopic (exact) mass is 270 g/mol. The van der Waals surface area contributed by atoms with Crippen LogP contribution in [0.4, 0.5) is 5.69 Å². The molecule has 1 rings (SSSR count). The summed E-state index contributed by atoms with van der Waals surface area (Å²) in [6.07, 6.45) is 0. The molecule has 1 N–H and O–H groups in total. The number of ether oxygens (including phenoxy) is 1. The summed E-state index contributed by atoms with van der Waals surface area (Å²) >= 11 is 1.48. The fraction of sp³-hybridized carbons (Fsp3) is 0.500. The number of nitro benzene ring substituents is 1. The number of thioether (sulfide) groups is 1. The molecule has 0 heterocycles. The van der Waals surface area contributed by atoms with Gasteiger partial charge in [0.05, 0.1) is 16.4 Å². The molecule has 1 atom stereocenters. The van der Waals surface area contributed by atoms with Crippen LogP contribution in [0.15, 0.2) is 29.2 Å². The van der Waals surface area contributed by atoms with Crippen LogP contribution in [0.25, 0.3) is 0 Å². The normalized spacial score (nSPS) is 12.3. The third-order valence-electron chi connectivity index (χ3n) is 2.36. The van der Waals surface area contributed by atoms with Crippen molar-refractivity contribution in [2.45, 2.75) is 17.9 Å². The Labute approximate surface area is 111 Å². The first-order valence-corrected chi connectivity index (χ1v) is 6.76. The predicted molar refractivity (Wildman–Crippen MR) is 73.2 cm³/mol. The van der Waals surface area contributed by atoms with Crippen LogP contribution in [0.5, 0.6) is 0 Å². The summed E-state index contributed by atoms with van der Waals surface area (Å²) in [5.41, 5.74) is 0.162. The quantitative estimate of drug-likeness (QED) is 0.446. The molecule has 0 amide bonds. The van der Waals surface area contributed by atoms with Crippen molar-refractivity contribution in [2.75, 3.05) is 26.0 Å². The van der Waals surface area contributed by atoms with Gasteiger partial charge in [0.2, 0.25) is 0 Å². The van der Waals surface area contributed by atoms with Crippen molar-refractivity contribution in [3.05, 3.63) is 34.4 Å². The second-order valence-corrected chi connectivity index (χ2v) is 4.81. The summed E-state index contributed by atoms with van der Waals surface area (Å²) in [5.74, 6) is 0.743. The van der Waals surface area contributed by atoms with E-state index in [1.54, 1.807) is 19.2 Å². The number of nitrogens with one attached hydrogen (secondary N) is 1. The molecule has 0 bridgehead atoms. The van der Waals surface area contributed by atoms with Gasteiger partial charge >= 0.3 is 0 Å². The summed E-state index contributed by atoms with van der Waals surface area (Å²) in [4.78, 5) is 11.2. The molecule has 18 heavy (non-hydrogen) atoms. The van der Waals surface area contributed by atoms with Crippen LogP contribution in [0, 0.1) is 10.1 Å². The highest BCUT2D eigenvalue weighted by Gasteiger charge is 2.15. The first-order chi connectivity index (χ1) is 8.69. The summed E-state index contributed by atoms with van der Waals surface area (Å²) in [7, 11) is 1.65. The smallest absolute Gasteiger partial charge is 0.282 e. The maximum Gasteiger partial charge on any atom is 0.282 e. The predicted octanol–water partition coefficient (Wildman–Crippen LogP) is 2.31. The molecule has 0 spiro atoms. The lowest BCUT2D eigenvalue weighted by molar-refractivity contribution is -0.387. The molecule has 1 unspecified atom stereocenters. The molecule has 0 saturated heterocycles. The minimum Gasteiger partial charge on any atom is -0.383 e. The molecular weight excluding hydrogens is 252 g/mol. The first-order valence-electron chi connectivity index (χ1n) is 5.77. The number of rotatable bonds is 8. The van der Waals surface area contributed by atoms with Crippen LogP contribution in [0.2, 0.25) is 0 Å². The maximum atomic E-state index is 10.9. The van der Waals surface area contributed by atoms with Gasteiger partial charge < -0.3 is 10.1 Å². The van der Waals surface area contributed by atoms with Crippen LogP contribution in [-0.2, 0) is 4.74 Å². The number of nitrogens with zero attached hydrogens (tertiary/aromatic N) is 1. The highest BCUT2D eigenvalue weighted by Crippen LogP contribution is 2.28. The van der Waals surface area contributed by atoms with E-state index in [-0.39, 0.29) is 16.7 Å². The molecule has 0 saturated carbocycles. The zero-order chi connectivity index (χ0) is 13.4. The van der Waals surface area contributed by atoms with Crippen molar-refractivity contribution < 1.29 is 9.66 Å². The second-order valence-electron chi connectivity index (χ2n) is 3.75. The minimum absolute atomic E-state index is 0.162. The maximum absolute atomic E-state index is 10.9. The van der Waals surface area contributed by atoms with Gasteiger partial charge in [0.1, 0.15) is 0 Å². The first kappa shape index (κ1) is 14.9. The number of hydrogen-bond donors (Lipinski definition) is 1. The molecule has 6 heteroatoms. The molecule has 100 valence electrons. The van der Waals surface area contributed by atoms with E-state index in [0.717, 1.165) is 12.3 Å². The Morgan fingerprint density at radius 1 is 1.50 bits per heavy atom. The van der Waals surface area contributed by atoms with Crippen LogP contribution >= 0.6 is 11.8 Å². The Bertz CT molecular complexity index is 381. The van der Waals surface area contributed by atoms with Gasteiger partial charge in [-0.15, -0.1) is 11.8 Å². The third-order valence-corrected chi connectivity index (χ3v) is 3.59. The van der Waals surface area contributed by atoms with Gasteiger partial charge in [-0.1, -0.05) is 19.1 Å². The van der Waals surface area contributed by atoms with Crippen molar-refractivity contribution in [3.8, 4) is 0 Å². The highest BCUT2D eigenvalue weighted by atomic mass is 32.2. The highest BCUT2D eigenvalue weighted by molar-refractivity contribution is 7.99. The Hall–Kier alpha value is -1.11. The lowest BCUT2D eigenvalue weighted by Gasteiger charge is -2.16. The summed E-state index contributed by atoms with van der Waals surface area (Å²) < 4.78 is 5.11. The topological polar surface area (TPSA) is 64.4 Å². The van der Waals surface area contributed by atoms with Crippen molar-refractivity contribution in [3.63, 3.8) is 0 Å². The number of nitro groups is 1. The zero-order valence-corrected chi connectivity index (χ0v) is 11.4. The summed E-state index contributed by atoms with van der Waals surface area (Å²) in [6.45, 7) is 3.48. The average Bonchev–Trinajstić information content (AvgIpc) is 2.36. The summed E-state index contributed by atoms with van der Waals surface area (Å²) in [5, 5.41) is 14.2. The Morgan fingerprint density at radius 2 is 2.22 bits per heavy atom. The van der Waals surface area contributed by atoms with Crippen LogP contribution in [0.1, 0.15) is 6.92 Å². The Kier molecular flexibility index (Phi) is 6.70. The van der Waals surface area contributed by atoms with Crippen molar-refractivity contribution in [2.24, 2.45) is 0 Å². The van der Waals surface area contributed by atoms with Gasteiger partial charge in [0, 0.05) is 25.0 Å². The number of methoxy groups -OCH3 is 1. The minimum atomic E-state index is -0.346. The largest absolute Gasteiger partial charge is 0.383 e. The van der Waals surface area contributed by atoms with Crippen LogP contribution in [-0.4, -0.2) is 37.0 Å². The van der Waals surface area contributed by atoms with E-state index in [1.165, 1.54) is 17.8 Å². The number of likely N-dealkylation sites (N-methyl/N-ethyl adjacent to an activating group) is 1. The molecule has 5 nitrogen and oxygen atoms in total. The third kappa shape index (κ3) is 4.64. The van der Waals surface area contributed by atoms with E-state index < -0.39 is 0 Å². The van der Waals surface area contributed by atoms with Crippen molar-refractivity contribution in [1.82, 2.24) is 5.32 Å². The fourth-order valence-corrected chi connectivity index (χ4v) is 2.64. The van der Waals surface area contributed by atoms with Crippen LogP contribution in [0.3, 0.4) is 0 Å². The molecule has 0 aliphatic rings. The lowest BCUT2D eigenvalue weighted by Crippen LogP contribution is -2.35. The van der Waals surface area contributed by atoms with Gasteiger partial charge in [-0.3, -0.25) is 10.1 Å². The molecule has 0 fully saturated rings. The van der Waals surface area contributed by atoms with E-state index in [9.17, 15) is 10.1 Å². The van der Waals surface area contributed by atoms with E-state index in [2.05, 4.69) is 5.32 Å². The molecule has 0 radical (unpaired) electrons. The fourth-order valence-electron chi connectivity index (χ4n) is 1.58. The van der Waals surface area contributed by atoms with E-state index in [4.69, 9.17) is 4.74 Å². The molecule has 0 aliphatic heterocycles. The zero-order valence-electron chi connectivity index (χ0n) is 10.6. The number of hydrogen-bond acceptors (Lipinski definition) is 5. The molecular formula is C12H18N2O3S. The molecule has 1 aromatic carbocycles. The molecule has 1 aromatic rings. The van der Waals surface area contributed by atoms with E-state index >= 15 is 0 Å².